The lowest BCUT2D eigenvalue weighted by molar-refractivity contribution is -0.119. The normalized spacial score (nSPS) is 11.2. The highest BCUT2D eigenvalue weighted by Gasteiger charge is 2.23. The highest BCUT2D eigenvalue weighted by Crippen LogP contribution is 2.30. The summed E-state index contributed by atoms with van der Waals surface area (Å²) in [6.45, 7) is -0.769. The lowest BCUT2D eigenvalue weighted by Gasteiger charge is -2.22. The quantitative estimate of drug-likeness (QED) is 0.262. The van der Waals surface area contributed by atoms with Crippen LogP contribution >= 0.6 is 23.2 Å². The van der Waals surface area contributed by atoms with Crippen molar-refractivity contribution in [2.75, 3.05) is 36.1 Å². The van der Waals surface area contributed by atoms with Crippen molar-refractivity contribution in [2.24, 2.45) is 5.10 Å². The second-order valence-electron chi connectivity index (χ2n) is 7.76. The molecular weight excluding hydrogens is 555 g/mol. The van der Waals surface area contributed by atoms with E-state index in [0.717, 1.165) is 10.6 Å². The van der Waals surface area contributed by atoms with Crippen molar-refractivity contribution >= 4 is 62.6 Å². The molecule has 0 spiro atoms. The monoisotopic (exact) mass is 578 g/mol. The number of carbonyl (C=O) groups is 2. The molecule has 38 heavy (non-hydrogen) atoms. The maximum Gasteiger partial charge on any atom is 0.262 e. The largest absolute Gasteiger partial charge is 0.495 e. The van der Waals surface area contributed by atoms with Gasteiger partial charge in [-0.05, 0) is 60.2 Å². The molecule has 0 unspecified atom stereocenters. The van der Waals surface area contributed by atoms with Crippen molar-refractivity contribution in [3.05, 3.63) is 82.3 Å². The van der Waals surface area contributed by atoms with Gasteiger partial charge in [0.2, 0.25) is 10.0 Å². The molecule has 0 atom stereocenters. The maximum absolute atomic E-state index is 12.4. The fraction of sp³-hybridized carbons (Fsp3) is 0.160. The Bertz CT molecular complexity index is 1430. The number of sulfonamides is 1. The van der Waals surface area contributed by atoms with E-state index in [1.807, 2.05) is 0 Å². The van der Waals surface area contributed by atoms with Gasteiger partial charge in [0.1, 0.15) is 18.0 Å². The van der Waals surface area contributed by atoms with E-state index in [0.29, 0.717) is 22.7 Å². The van der Waals surface area contributed by atoms with Gasteiger partial charge in [-0.1, -0.05) is 35.3 Å². The average Bonchev–Trinajstić information content (AvgIpc) is 2.88. The Morgan fingerprint density at radius 2 is 1.74 bits per heavy atom. The van der Waals surface area contributed by atoms with Gasteiger partial charge >= 0.3 is 0 Å². The minimum atomic E-state index is -3.84. The number of rotatable bonds is 11. The number of methoxy groups -OCH3 is 1. The summed E-state index contributed by atoms with van der Waals surface area (Å²) in [5, 5.41) is 6.96. The molecule has 2 amide bonds. The molecule has 0 saturated heterocycles. The fourth-order valence-corrected chi connectivity index (χ4v) is 4.43. The number of para-hydroxylation sites is 2. The molecule has 10 nitrogen and oxygen atoms in total. The zero-order valence-corrected chi connectivity index (χ0v) is 22.7. The summed E-state index contributed by atoms with van der Waals surface area (Å²) in [5.74, 6) is -0.0637. The van der Waals surface area contributed by atoms with E-state index in [9.17, 15) is 18.0 Å². The highest BCUT2D eigenvalue weighted by atomic mass is 35.5. The van der Waals surface area contributed by atoms with Gasteiger partial charge in [0, 0.05) is 5.02 Å². The highest BCUT2D eigenvalue weighted by molar-refractivity contribution is 7.92. The van der Waals surface area contributed by atoms with E-state index in [-0.39, 0.29) is 28.2 Å². The first-order valence-electron chi connectivity index (χ1n) is 11.0. The van der Waals surface area contributed by atoms with Crippen LogP contribution in [0.15, 0.2) is 71.8 Å². The summed E-state index contributed by atoms with van der Waals surface area (Å²) < 4.78 is 36.0. The number of hydrogen-bond donors (Lipinski definition) is 2. The number of nitrogens with zero attached hydrogens (tertiary/aromatic N) is 2. The molecule has 13 heteroatoms. The molecule has 2 N–H and O–H groups in total. The summed E-state index contributed by atoms with van der Waals surface area (Å²) >= 11 is 12.1. The number of halogens is 2. The Labute approximate surface area is 230 Å². The molecule has 0 aliphatic heterocycles. The van der Waals surface area contributed by atoms with Crippen LogP contribution < -0.4 is 24.5 Å². The number of hydrazone groups is 1. The molecular formula is C25H24Cl2N4O6S. The molecule has 200 valence electrons. The Morgan fingerprint density at radius 3 is 2.42 bits per heavy atom. The van der Waals surface area contributed by atoms with Crippen molar-refractivity contribution in [1.29, 1.82) is 0 Å². The molecule has 0 aromatic heterocycles. The minimum Gasteiger partial charge on any atom is -0.495 e. The zero-order valence-electron chi connectivity index (χ0n) is 20.4. The average molecular weight is 579 g/mol. The van der Waals surface area contributed by atoms with Gasteiger partial charge in [-0.2, -0.15) is 5.10 Å². The summed E-state index contributed by atoms with van der Waals surface area (Å²) in [5.41, 5.74) is 3.51. The van der Waals surface area contributed by atoms with Crippen LogP contribution in [0.5, 0.6) is 11.5 Å². The molecule has 0 fully saturated rings. The van der Waals surface area contributed by atoms with Crippen LogP contribution in [0.25, 0.3) is 0 Å². The zero-order chi connectivity index (χ0) is 27.7. The van der Waals surface area contributed by atoms with Gasteiger partial charge in [-0.15, -0.1) is 0 Å². The molecule has 3 rings (SSSR count). The molecule has 0 bridgehead atoms. The number of nitrogens with one attached hydrogen (secondary N) is 2. The number of hydrogen-bond acceptors (Lipinski definition) is 7. The van der Waals surface area contributed by atoms with Gasteiger partial charge in [-0.3, -0.25) is 13.9 Å². The Morgan fingerprint density at radius 1 is 1.03 bits per heavy atom. The van der Waals surface area contributed by atoms with Gasteiger partial charge in [0.25, 0.3) is 11.8 Å². The van der Waals surface area contributed by atoms with Crippen LogP contribution in [-0.4, -0.2) is 53.0 Å². The van der Waals surface area contributed by atoms with E-state index in [4.69, 9.17) is 32.7 Å². The third-order valence-corrected chi connectivity index (χ3v) is 6.58. The predicted octanol–water partition coefficient (Wildman–Crippen LogP) is 3.94. The summed E-state index contributed by atoms with van der Waals surface area (Å²) in [6.07, 6.45) is 2.32. The number of benzene rings is 3. The number of ether oxygens (including phenoxy) is 2. The Kier molecular flexibility index (Phi) is 9.94. The van der Waals surface area contributed by atoms with Gasteiger partial charge in [0.05, 0.1) is 36.0 Å². The minimum absolute atomic E-state index is 0.0768. The third-order valence-electron chi connectivity index (χ3n) is 4.90. The fourth-order valence-electron chi connectivity index (χ4n) is 3.14. The smallest absolute Gasteiger partial charge is 0.262 e. The van der Waals surface area contributed by atoms with Gasteiger partial charge < -0.3 is 14.8 Å². The van der Waals surface area contributed by atoms with Crippen molar-refractivity contribution in [1.82, 2.24) is 5.43 Å². The first-order valence-corrected chi connectivity index (χ1v) is 13.6. The second kappa shape index (κ2) is 13.1. The van der Waals surface area contributed by atoms with Crippen molar-refractivity contribution in [2.45, 2.75) is 0 Å². The van der Waals surface area contributed by atoms with E-state index in [1.165, 1.54) is 31.5 Å². The van der Waals surface area contributed by atoms with E-state index >= 15 is 0 Å². The van der Waals surface area contributed by atoms with Gasteiger partial charge in [-0.25, -0.2) is 13.8 Å². The van der Waals surface area contributed by atoms with Crippen LogP contribution in [0, 0.1) is 0 Å². The molecule has 0 radical (unpaired) electrons. The van der Waals surface area contributed by atoms with E-state index in [1.54, 1.807) is 48.5 Å². The van der Waals surface area contributed by atoms with Crippen molar-refractivity contribution in [3.63, 3.8) is 0 Å². The molecule has 3 aromatic carbocycles. The maximum atomic E-state index is 12.4. The molecule has 3 aromatic rings. The second-order valence-corrected chi connectivity index (χ2v) is 10.5. The summed E-state index contributed by atoms with van der Waals surface area (Å²) in [7, 11) is -2.33. The predicted molar refractivity (Wildman–Crippen MR) is 148 cm³/mol. The number of anilines is 2. The van der Waals surface area contributed by atoms with Crippen LogP contribution in [0.2, 0.25) is 10.0 Å². The molecule has 0 heterocycles. The topological polar surface area (TPSA) is 126 Å². The third kappa shape index (κ3) is 8.37. The standard InChI is InChI=1S/C25H24Cl2N4O6S/c1-36-23-6-4-3-5-21(23)29-25(33)16-37-19-10-7-17(8-11-19)14-28-30-24(32)15-31(38(2,34)35)22-13-18(26)9-12-20(22)27/h3-14H,15-16H2,1-2H3,(H,29,33)(H,30,32)/b28-14-. The van der Waals surface area contributed by atoms with E-state index < -0.39 is 22.5 Å². The Balaban J connectivity index is 1.52. The molecule has 0 saturated carbocycles. The van der Waals surface area contributed by atoms with Crippen molar-refractivity contribution < 1.29 is 27.5 Å². The first-order chi connectivity index (χ1) is 18.1. The SMILES string of the molecule is COc1ccccc1NC(=O)COc1ccc(/C=N\NC(=O)CN(c2cc(Cl)ccc2Cl)S(C)(=O)=O)cc1. The van der Waals surface area contributed by atoms with Crippen LogP contribution in [0.4, 0.5) is 11.4 Å². The molecule has 0 aliphatic rings. The summed E-state index contributed by atoms with van der Waals surface area (Å²) in [6, 6.07) is 17.9. The van der Waals surface area contributed by atoms with Crippen molar-refractivity contribution in [3.8, 4) is 11.5 Å². The molecule has 0 aliphatic carbocycles. The number of carbonyl (C=O) groups excluding carboxylic acids is 2. The lowest BCUT2D eigenvalue weighted by atomic mass is 10.2. The lowest BCUT2D eigenvalue weighted by Crippen LogP contribution is -2.39. The van der Waals surface area contributed by atoms with Crippen LogP contribution in [0.3, 0.4) is 0 Å². The number of amides is 2. The summed E-state index contributed by atoms with van der Waals surface area (Å²) in [4.78, 5) is 24.5. The van der Waals surface area contributed by atoms with Crippen LogP contribution in [0.1, 0.15) is 5.56 Å². The Hall–Kier alpha value is -3.80. The first kappa shape index (κ1) is 28.8. The van der Waals surface area contributed by atoms with Crippen LogP contribution in [-0.2, 0) is 19.6 Å². The van der Waals surface area contributed by atoms with E-state index in [2.05, 4.69) is 15.8 Å². The van der Waals surface area contributed by atoms with Gasteiger partial charge in [0.15, 0.2) is 6.61 Å².